The van der Waals surface area contributed by atoms with Gasteiger partial charge in [-0.15, -0.1) is 0 Å². The van der Waals surface area contributed by atoms with Crippen LogP contribution in [-0.4, -0.2) is 44.4 Å². The summed E-state index contributed by atoms with van der Waals surface area (Å²) in [6, 6.07) is 0. The van der Waals surface area contributed by atoms with Crippen LogP contribution in [0, 0.1) is 40.5 Å². The number of nitrogens with one attached hydrogen (secondary N) is 1. The summed E-state index contributed by atoms with van der Waals surface area (Å²) < 4.78 is 13.3. The third kappa shape index (κ3) is 3.50. The summed E-state index contributed by atoms with van der Waals surface area (Å²) in [5.41, 5.74) is -2.62. The Morgan fingerprint density at radius 1 is 0.950 bits per heavy atom. The molecule has 0 aliphatic heterocycles. The summed E-state index contributed by atoms with van der Waals surface area (Å²) in [5.74, 6) is -3.95. The van der Waals surface area contributed by atoms with E-state index in [2.05, 4.69) is 0 Å². The molecule has 0 radical (unpaired) electrons. The molecule has 0 rings (SSSR count). The summed E-state index contributed by atoms with van der Waals surface area (Å²) in [4.78, 5) is 35.5. The van der Waals surface area contributed by atoms with Crippen LogP contribution in [0.1, 0.15) is 13.3 Å². The first-order chi connectivity index (χ1) is 8.98. The van der Waals surface area contributed by atoms with Gasteiger partial charge >= 0.3 is 11.6 Å². The Morgan fingerprint density at radius 3 is 1.65 bits per heavy atom. The molecule has 0 aromatic heterocycles. The van der Waals surface area contributed by atoms with Gasteiger partial charge in [-0.1, -0.05) is 4.39 Å². The molecule has 0 unspecified atom stereocenters. The number of hydrogen-bond acceptors (Lipinski definition) is 9. The normalized spacial score (nSPS) is 11.9. The van der Waals surface area contributed by atoms with Crippen LogP contribution in [0.4, 0.5) is 4.39 Å². The highest BCUT2D eigenvalue weighted by Crippen LogP contribution is 2.17. The summed E-state index contributed by atoms with van der Waals surface area (Å²) in [5, 5.41) is 43.5. The molecule has 0 fully saturated rings. The number of rotatable bonds is 9. The number of nitro groups is 4. The molecular weight excluding hydrogens is 289 g/mol. The zero-order chi connectivity index (χ0) is 16.1. The molecular formula is C6H10FN5O8. The van der Waals surface area contributed by atoms with E-state index >= 15 is 0 Å². The third-order valence-corrected chi connectivity index (χ3v) is 2.43. The Balaban J connectivity index is 4.60. The summed E-state index contributed by atoms with van der Waals surface area (Å²) in [7, 11) is 0. The first-order valence-corrected chi connectivity index (χ1v) is 4.96. The molecule has 0 aliphatic rings. The highest BCUT2D eigenvalue weighted by atomic mass is 19.2. The van der Waals surface area contributed by atoms with E-state index in [1.165, 1.54) is 0 Å². The van der Waals surface area contributed by atoms with Crippen LogP contribution in [0.5, 0.6) is 0 Å². The van der Waals surface area contributed by atoms with Crippen molar-refractivity contribution < 1.29 is 24.1 Å². The van der Waals surface area contributed by atoms with Crippen molar-refractivity contribution in [1.29, 1.82) is 0 Å². The second-order valence-corrected chi connectivity index (χ2v) is 3.89. The monoisotopic (exact) mass is 299 g/mol. The predicted molar refractivity (Wildman–Crippen MR) is 57.7 cm³/mol. The largest absolute Gasteiger partial charge is 0.614 e. The topological polar surface area (TPSA) is 185 Å². The zero-order valence-corrected chi connectivity index (χ0v) is 10.1. The minimum atomic E-state index is -3.95. The standard InChI is InChI=1S/C6H10FN5O8/c1-5(9(13)14,10(15)16)4-8-3-2-6(7,11(17)18)12(19)20/h8H,2-4H2,1H3. The highest BCUT2D eigenvalue weighted by Gasteiger charge is 2.57. The molecule has 1 N–H and O–H groups in total. The van der Waals surface area contributed by atoms with Crippen LogP contribution in [0.3, 0.4) is 0 Å². The molecule has 0 amide bonds. The van der Waals surface area contributed by atoms with Gasteiger partial charge in [0.2, 0.25) is 0 Å². The molecule has 0 aliphatic carbocycles. The fraction of sp³-hybridized carbons (Fsp3) is 1.00. The summed E-state index contributed by atoms with van der Waals surface area (Å²) in [6.45, 7) is -0.933. The average molecular weight is 299 g/mol. The van der Waals surface area contributed by atoms with Gasteiger partial charge in [0, 0.05) is 6.54 Å². The maximum absolute atomic E-state index is 13.3. The molecule has 0 spiro atoms. The molecule has 0 aromatic rings. The highest BCUT2D eigenvalue weighted by molar-refractivity contribution is 4.65. The van der Waals surface area contributed by atoms with Crippen molar-refractivity contribution in [1.82, 2.24) is 5.32 Å². The number of nitrogens with zero attached hydrogens (tertiary/aromatic N) is 4. The fourth-order valence-corrected chi connectivity index (χ4v) is 1.02. The van der Waals surface area contributed by atoms with Crippen molar-refractivity contribution in [2.75, 3.05) is 13.1 Å². The van der Waals surface area contributed by atoms with Crippen LogP contribution in [0.2, 0.25) is 0 Å². The lowest BCUT2D eigenvalue weighted by atomic mass is 10.2. The van der Waals surface area contributed by atoms with Gasteiger partial charge < -0.3 is 5.32 Å². The van der Waals surface area contributed by atoms with Crippen molar-refractivity contribution in [3.63, 3.8) is 0 Å². The lowest BCUT2D eigenvalue weighted by molar-refractivity contribution is -0.832. The Morgan fingerprint density at radius 2 is 1.35 bits per heavy atom. The van der Waals surface area contributed by atoms with Crippen LogP contribution >= 0.6 is 0 Å². The van der Waals surface area contributed by atoms with Crippen molar-refractivity contribution >= 4 is 0 Å². The van der Waals surface area contributed by atoms with Gasteiger partial charge in [-0.3, -0.25) is 40.5 Å². The molecule has 0 saturated heterocycles. The Labute approximate surface area is 109 Å². The van der Waals surface area contributed by atoms with Crippen LogP contribution < -0.4 is 5.32 Å². The number of halogens is 1. The van der Waals surface area contributed by atoms with Gasteiger partial charge in [-0.2, -0.15) is 0 Å². The average Bonchev–Trinajstić information content (AvgIpc) is 2.32. The molecule has 114 valence electrons. The second-order valence-electron chi connectivity index (χ2n) is 3.89. The van der Waals surface area contributed by atoms with Gasteiger partial charge in [-0.05, 0) is 0 Å². The molecule has 0 heterocycles. The van der Waals surface area contributed by atoms with Gasteiger partial charge in [0.05, 0.1) is 16.8 Å². The molecule has 14 heteroatoms. The smallest absolute Gasteiger partial charge is 0.303 e. The second kappa shape index (κ2) is 6.09. The molecule has 13 nitrogen and oxygen atoms in total. The van der Waals surface area contributed by atoms with E-state index < -0.39 is 50.8 Å². The molecule has 0 aromatic carbocycles. The maximum Gasteiger partial charge on any atom is 0.614 e. The predicted octanol–water partition coefficient (Wildman–Crippen LogP) is -0.588. The van der Waals surface area contributed by atoms with Gasteiger partial charge in [0.25, 0.3) is 0 Å². The lowest BCUT2D eigenvalue weighted by Gasteiger charge is -2.13. The Bertz CT molecular complexity index is 373. The molecule has 20 heavy (non-hydrogen) atoms. The molecule has 0 atom stereocenters. The van der Waals surface area contributed by atoms with E-state index in [1.54, 1.807) is 0 Å². The first-order valence-electron chi connectivity index (χ1n) is 4.96. The lowest BCUT2D eigenvalue weighted by Crippen LogP contribution is -2.52. The van der Waals surface area contributed by atoms with Crippen molar-refractivity contribution in [2.24, 2.45) is 0 Å². The first kappa shape index (κ1) is 17.5. The van der Waals surface area contributed by atoms with Crippen LogP contribution in [-0.2, 0) is 0 Å². The van der Waals surface area contributed by atoms with E-state index in [0.717, 1.165) is 0 Å². The molecule has 0 bridgehead atoms. The van der Waals surface area contributed by atoms with Crippen LogP contribution in [0.25, 0.3) is 0 Å². The van der Waals surface area contributed by atoms with Gasteiger partial charge in [0.1, 0.15) is 22.8 Å². The van der Waals surface area contributed by atoms with E-state index in [9.17, 15) is 44.8 Å². The molecule has 0 saturated carbocycles. The minimum Gasteiger partial charge on any atom is -0.303 e. The quantitative estimate of drug-likeness (QED) is 0.191. The van der Waals surface area contributed by atoms with E-state index in [1.807, 2.05) is 5.32 Å². The minimum absolute atomic E-state index is 0.670. The maximum atomic E-state index is 13.3. The van der Waals surface area contributed by atoms with Gasteiger partial charge in [0.15, 0.2) is 0 Å². The van der Waals surface area contributed by atoms with E-state index in [0.29, 0.717) is 6.92 Å². The summed E-state index contributed by atoms with van der Waals surface area (Å²) in [6.07, 6.45) is -1.24. The van der Waals surface area contributed by atoms with Crippen molar-refractivity contribution in [3.05, 3.63) is 40.5 Å². The Hall–Kier alpha value is -2.51. The van der Waals surface area contributed by atoms with E-state index in [4.69, 9.17) is 0 Å². The summed E-state index contributed by atoms with van der Waals surface area (Å²) >= 11 is 0. The zero-order valence-electron chi connectivity index (χ0n) is 10.1. The third-order valence-electron chi connectivity index (χ3n) is 2.43. The van der Waals surface area contributed by atoms with E-state index in [-0.39, 0.29) is 0 Å². The fourth-order valence-electron chi connectivity index (χ4n) is 1.02. The number of hydrogen-bond donors (Lipinski definition) is 1. The Kier molecular flexibility index (Phi) is 5.33. The van der Waals surface area contributed by atoms with Crippen molar-refractivity contribution in [3.8, 4) is 0 Å². The van der Waals surface area contributed by atoms with Crippen molar-refractivity contribution in [2.45, 2.75) is 24.9 Å². The number of alkyl halides is 1. The SMILES string of the molecule is CC(CNCCC(F)([N+](=O)[O-])[N+](=O)[O-])([N+](=O)[O-])[N+](=O)[O-]. The van der Waals surface area contributed by atoms with Gasteiger partial charge in [-0.25, -0.2) is 0 Å². The van der Waals surface area contributed by atoms with Crippen LogP contribution in [0.15, 0.2) is 0 Å².